The van der Waals surface area contributed by atoms with Crippen molar-refractivity contribution in [1.82, 2.24) is 0 Å². The zero-order valence-electron chi connectivity index (χ0n) is 20.6. The largest absolute Gasteiger partial charge is 0.460 e. The molecule has 0 spiro atoms. The molecule has 0 bridgehead atoms. The van der Waals surface area contributed by atoms with Crippen molar-refractivity contribution < 1.29 is 47.8 Å². The molecule has 1 aromatic carbocycles. The van der Waals surface area contributed by atoms with Gasteiger partial charge in [0.25, 0.3) is 5.69 Å². The average Bonchev–Trinajstić information content (AvgIpc) is 2.70. The second kappa shape index (κ2) is 10.8. The molecule has 2 rings (SSSR count). The highest BCUT2D eigenvalue weighted by Crippen LogP contribution is 2.35. The molecule has 12 heteroatoms. The van der Waals surface area contributed by atoms with Crippen molar-refractivity contribution in [2.24, 2.45) is 5.92 Å². The minimum absolute atomic E-state index is 0.169. The number of nitro groups is 1. The van der Waals surface area contributed by atoms with Crippen LogP contribution in [0.1, 0.15) is 58.8 Å². The molecule has 1 fully saturated rings. The van der Waals surface area contributed by atoms with E-state index in [0.717, 1.165) is 32.0 Å². The van der Waals surface area contributed by atoms with Crippen LogP contribution in [0, 0.1) is 16.0 Å². The first-order valence-corrected chi connectivity index (χ1v) is 10.8. The minimum Gasteiger partial charge on any atom is -0.460 e. The molecule has 0 radical (unpaired) electrons. The lowest BCUT2D eigenvalue weighted by Crippen LogP contribution is -2.59. The number of Topliss-reactive ketones (excluding diaryl/α,β-unsaturated/α-hetero) is 1. The molecular formula is C23H29NO11. The van der Waals surface area contributed by atoms with E-state index in [0.29, 0.717) is 0 Å². The molecule has 1 aliphatic rings. The van der Waals surface area contributed by atoms with Gasteiger partial charge in [0.1, 0.15) is 23.0 Å². The van der Waals surface area contributed by atoms with Gasteiger partial charge < -0.3 is 23.7 Å². The highest BCUT2D eigenvalue weighted by Gasteiger charge is 2.51. The summed E-state index contributed by atoms with van der Waals surface area (Å²) in [6, 6.07) is 3.23. The Kier molecular flexibility index (Phi) is 8.55. The maximum atomic E-state index is 12.8. The molecule has 0 aliphatic carbocycles. The average molecular weight is 495 g/mol. The van der Waals surface area contributed by atoms with Crippen molar-refractivity contribution in [2.45, 2.75) is 78.7 Å². The molecule has 0 aromatic heterocycles. The molecule has 0 amide bonds. The van der Waals surface area contributed by atoms with Gasteiger partial charge in [0, 0.05) is 25.8 Å². The van der Waals surface area contributed by atoms with Gasteiger partial charge >= 0.3 is 17.9 Å². The van der Waals surface area contributed by atoms with Crippen LogP contribution in [0.25, 0.3) is 0 Å². The number of nitrogens with zero attached hydrogens (tertiary/aromatic N) is 1. The Balaban J connectivity index is 2.58. The number of benzene rings is 1. The fraction of sp³-hybridized carbons (Fsp3) is 0.565. The molecule has 35 heavy (non-hydrogen) atoms. The first-order valence-electron chi connectivity index (χ1n) is 10.8. The maximum Gasteiger partial charge on any atom is 0.342 e. The predicted molar refractivity (Wildman–Crippen MR) is 119 cm³/mol. The summed E-state index contributed by atoms with van der Waals surface area (Å²) < 4.78 is 27.6. The number of ether oxygens (including phenoxy) is 5. The van der Waals surface area contributed by atoms with Gasteiger partial charge in [-0.2, -0.15) is 0 Å². The Hall–Kier alpha value is -3.54. The topological polar surface area (TPSA) is 158 Å². The third kappa shape index (κ3) is 7.22. The second-order valence-electron chi connectivity index (χ2n) is 9.10. The number of rotatable bonds is 7. The Bertz CT molecular complexity index is 1010. The lowest BCUT2D eigenvalue weighted by molar-refractivity contribution is -0.385. The van der Waals surface area contributed by atoms with Crippen LogP contribution in [0.5, 0.6) is 5.75 Å². The summed E-state index contributed by atoms with van der Waals surface area (Å²) in [6.45, 7) is 10.0. The number of hydrogen-bond donors (Lipinski definition) is 0. The van der Waals surface area contributed by atoms with Crippen molar-refractivity contribution in [3.8, 4) is 5.75 Å². The van der Waals surface area contributed by atoms with Crippen LogP contribution < -0.4 is 4.74 Å². The van der Waals surface area contributed by atoms with E-state index in [4.69, 9.17) is 23.7 Å². The summed E-state index contributed by atoms with van der Waals surface area (Å²) in [4.78, 5) is 59.3. The second-order valence-corrected chi connectivity index (χ2v) is 9.10. The SMILES string of the molecule is CC(=O)O[C@@H]1[C@@H](OC(C)=O)[C@H](Oc2cc([N+](=O)[O-])ccc2C(=O)OC(C)(C)C)OC(C(C)=O)[C@H]1C. The van der Waals surface area contributed by atoms with E-state index in [1.807, 2.05) is 0 Å². The van der Waals surface area contributed by atoms with Gasteiger partial charge in [-0.1, -0.05) is 6.92 Å². The first-order chi connectivity index (χ1) is 16.1. The molecule has 1 saturated heterocycles. The van der Waals surface area contributed by atoms with Crippen LogP contribution in [0.15, 0.2) is 18.2 Å². The molecule has 192 valence electrons. The van der Waals surface area contributed by atoms with E-state index in [2.05, 4.69) is 0 Å². The van der Waals surface area contributed by atoms with Crippen molar-refractivity contribution >= 4 is 29.4 Å². The fourth-order valence-electron chi connectivity index (χ4n) is 3.56. The van der Waals surface area contributed by atoms with Crippen molar-refractivity contribution in [2.75, 3.05) is 0 Å². The number of carbonyl (C=O) groups excluding carboxylic acids is 4. The normalized spacial score (nSPS) is 24.1. The third-order valence-electron chi connectivity index (χ3n) is 4.91. The van der Waals surface area contributed by atoms with Gasteiger partial charge in [-0.3, -0.25) is 24.5 Å². The number of carbonyl (C=O) groups is 4. The van der Waals surface area contributed by atoms with E-state index in [1.165, 1.54) is 6.92 Å². The molecule has 0 saturated carbocycles. The summed E-state index contributed by atoms with van der Waals surface area (Å²) in [5, 5.41) is 11.4. The number of esters is 3. The third-order valence-corrected chi connectivity index (χ3v) is 4.91. The van der Waals surface area contributed by atoms with Crippen LogP contribution in [-0.2, 0) is 33.3 Å². The van der Waals surface area contributed by atoms with Crippen LogP contribution in [0.3, 0.4) is 0 Å². The summed E-state index contributed by atoms with van der Waals surface area (Å²) in [7, 11) is 0. The Morgan fingerprint density at radius 2 is 1.57 bits per heavy atom. The highest BCUT2D eigenvalue weighted by atomic mass is 16.7. The van der Waals surface area contributed by atoms with Gasteiger partial charge in [-0.25, -0.2) is 4.79 Å². The van der Waals surface area contributed by atoms with Gasteiger partial charge in [0.15, 0.2) is 11.9 Å². The molecule has 1 heterocycles. The number of ketones is 1. The number of hydrogen-bond acceptors (Lipinski definition) is 11. The Labute approximate surface area is 201 Å². The Morgan fingerprint density at radius 1 is 1.00 bits per heavy atom. The molecule has 1 aromatic rings. The molecule has 1 unspecified atom stereocenters. The maximum absolute atomic E-state index is 12.8. The van der Waals surface area contributed by atoms with Gasteiger partial charge in [-0.05, 0) is 33.8 Å². The molecule has 5 atom stereocenters. The lowest BCUT2D eigenvalue weighted by atomic mass is 9.88. The van der Waals surface area contributed by atoms with E-state index in [-0.39, 0.29) is 11.3 Å². The monoisotopic (exact) mass is 495 g/mol. The standard InChI is InChI=1S/C23H29NO11/c1-11-18(12(2)25)34-22(20(32-14(4)27)19(11)31-13(3)26)33-17-10-15(24(29)30)8-9-16(17)21(28)35-23(5,6)7/h8-11,18-20,22H,1-7H3/t11-,18?,19+,20-,22-/m1/s1. The smallest absolute Gasteiger partial charge is 0.342 e. The molecule has 0 N–H and O–H groups in total. The van der Waals surface area contributed by atoms with E-state index in [1.54, 1.807) is 27.7 Å². The van der Waals surface area contributed by atoms with E-state index in [9.17, 15) is 29.3 Å². The zero-order chi connectivity index (χ0) is 26.7. The fourth-order valence-corrected chi connectivity index (χ4v) is 3.56. The number of non-ortho nitro benzene ring substituents is 1. The lowest BCUT2D eigenvalue weighted by Gasteiger charge is -2.43. The van der Waals surface area contributed by atoms with Crippen LogP contribution in [0.4, 0.5) is 5.69 Å². The van der Waals surface area contributed by atoms with Gasteiger partial charge in [-0.15, -0.1) is 0 Å². The number of nitro benzene ring substituents is 1. The minimum atomic E-state index is -1.56. The molecular weight excluding hydrogens is 466 g/mol. The van der Waals surface area contributed by atoms with Crippen LogP contribution in [-0.4, -0.2) is 58.8 Å². The highest BCUT2D eigenvalue weighted by molar-refractivity contribution is 5.93. The van der Waals surface area contributed by atoms with Crippen LogP contribution >= 0.6 is 0 Å². The Morgan fingerprint density at radius 3 is 2.06 bits per heavy atom. The quantitative estimate of drug-likeness (QED) is 0.237. The summed E-state index contributed by atoms with van der Waals surface area (Å²) in [6.07, 6.45) is -5.18. The molecule has 12 nitrogen and oxygen atoms in total. The predicted octanol–water partition coefficient (Wildman–Crippen LogP) is 2.74. The van der Waals surface area contributed by atoms with Crippen molar-refractivity contribution in [3.63, 3.8) is 0 Å². The first kappa shape index (κ1) is 27.7. The van der Waals surface area contributed by atoms with Gasteiger partial charge in [0.2, 0.25) is 12.4 Å². The molecule has 1 aliphatic heterocycles. The summed E-state index contributed by atoms with van der Waals surface area (Å²) >= 11 is 0. The van der Waals surface area contributed by atoms with E-state index < -0.39 is 70.4 Å². The van der Waals surface area contributed by atoms with Crippen LogP contribution in [0.2, 0.25) is 0 Å². The van der Waals surface area contributed by atoms with Crippen molar-refractivity contribution in [3.05, 3.63) is 33.9 Å². The van der Waals surface area contributed by atoms with Gasteiger partial charge in [0.05, 0.1) is 11.0 Å². The van der Waals surface area contributed by atoms with E-state index >= 15 is 0 Å². The summed E-state index contributed by atoms with van der Waals surface area (Å²) in [5.41, 5.74) is -1.45. The zero-order valence-corrected chi connectivity index (χ0v) is 20.6. The van der Waals surface area contributed by atoms with Crippen molar-refractivity contribution in [1.29, 1.82) is 0 Å². The summed E-state index contributed by atoms with van der Waals surface area (Å²) in [5.74, 6) is -3.76.